The number of nitrogens with zero attached hydrogens (tertiary/aromatic N) is 1. The van der Waals surface area contributed by atoms with Crippen LogP contribution in [0, 0.1) is 6.92 Å². The number of carboxylic acids is 1. The highest BCUT2D eigenvalue weighted by Crippen LogP contribution is 2.45. The van der Waals surface area contributed by atoms with Crippen LogP contribution in [0.25, 0.3) is 0 Å². The average Bonchev–Trinajstić information content (AvgIpc) is 3.03. The molecule has 1 aromatic rings. The second kappa shape index (κ2) is 4.06. The lowest BCUT2D eigenvalue weighted by atomic mass is 9.97. The van der Waals surface area contributed by atoms with Gasteiger partial charge in [0.15, 0.2) is 0 Å². The number of carbonyl (C=O) groups is 1. The fourth-order valence-electron chi connectivity index (χ4n) is 2.14. The molecule has 1 aromatic heterocycles. The highest BCUT2D eigenvalue weighted by Gasteiger charge is 2.32. The minimum absolute atomic E-state index is 0.136. The Kier molecular flexibility index (Phi) is 2.89. The van der Waals surface area contributed by atoms with Crippen molar-refractivity contribution in [3.8, 4) is 0 Å². The molecular weight excluding hydrogens is 226 g/mol. The first-order valence-electron chi connectivity index (χ1n) is 5.48. The molecule has 1 aliphatic rings. The van der Waals surface area contributed by atoms with E-state index >= 15 is 0 Å². The number of aryl methyl sites for hydroxylation is 1. The van der Waals surface area contributed by atoms with E-state index in [1.165, 1.54) is 0 Å². The van der Waals surface area contributed by atoms with Crippen molar-refractivity contribution >= 4 is 17.6 Å². The molecule has 1 heterocycles. The van der Waals surface area contributed by atoms with Crippen molar-refractivity contribution in [1.29, 1.82) is 0 Å². The Morgan fingerprint density at radius 2 is 2.19 bits per heavy atom. The molecule has 0 spiro atoms. The standard InChI is InChI=1S/C12H14ClNO2/c1-3-8-6(2)9(7-4-5-7)10(12(15)16)11(13)14-8/h7H,3-5H2,1-2H3,(H,15,16). The van der Waals surface area contributed by atoms with Gasteiger partial charge in [0.2, 0.25) is 0 Å². The van der Waals surface area contributed by atoms with Crippen molar-refractivity contribution in [2.75, 3.05) is 0 Å². The van der Waals surface area contributed by atoms with Gasteiger partial charge in [-0.1, -0.05) is 18.5 Å². The van der Waals surface area contributed by atoms with E-state index in [-0.39, 0.29) is 10.7 Å². The number of aromatic nitrogens is 1. The zero-order chi connectivity index (χ0) is 11.9. The number of halogens is 1. The Labute approximate surface area is 99.5 Å². The molecule has 0 atom stereocenters. The molecule has 0 aromatic carbocycles. The first-order chi connectivity index (χ1) is 7.56. The quantitative estimate of drug-likeness (QED) is 0.825. The summed E-state index contributed by atoms with van der Waals surface area (Å²) in [6, 6.07) is 0. The summed E-state index contributed by atoms with van der Waals surface area (Å²) in [5, 5.41) is 9.32. The van der Waals surface area contributed by atoms with E-state index in [0.29, 0.717) is 5.92 Å². The third-order valence-corrected chi connectivity index (χ3v) is 3.35. The summed E-state index contributed by atoms with van der Waals surface area (Å²) in [6.45, 7) is 3.95. The van der Waals surface area contributed by atoms with Crippen LogP contribution >= 0.6 is 11.6 Å². The Morgan fingerprint density at radius 3 is 2.62 bits per heavy atom. The van der Waals surface area contributed by atoms with E-state index in [4.69, 9.17) is 11.6 Å². The van der Waals surface area contributed by atoms with Crippen LogP contribution in [0.1, 0.15) is 52.9 Å². The predicted octanol–water partition coefficient (Wildman–Crippen LogP) is 3.18. The highest BCUT2D eigenvalue weighted by atomic mass is 35.5. The fraction of sp³-hybridized carbons (Fsp3) is 0.500. The van der Waals surface area contributed by atoms with Crippen molar-refractivity contribution in [3.05, 3.63) is 27.5 Å². The number of rotatable bonds is 3. The highest BCUT2D eigenvalue weighted by molar-refractivity contribution is 6.32. The monoisotopic (exact) mass is 239 g/mol. The van der Waals surface area contributed by atoms with E-state index in [1.54, 1.807) is 0 Å². The maximum absolute atomic E-state index is 11.2. The minimum Gasteiger partial charge on any atom is -0.478 e. The molecule has 86 valence electrons. The van der Waals surface area contributed by atoms with Crippen molar-refractivity contribution < 1.29 is 9.90 Å². The first-order valence-corrected chi connectivity index (χ1v) is 5.86. The summed E-state index contributed by atoms with van der Waals surface area (Å²) in [5.74, 6) is -0.595. The van der Waals surface area contributed by atoms with Gasteiger partial charge in [0.1, 0.15) is 10.7 Å². The Morgan fingerprint density at radius 1 is 1.56 bits per heavy atom. The lowest BCUT2D eigenvalue weighted by Gasteiger charge is -2.13. The van der Waals surface area contributed by atoms with Crippen LogP contribution in [0.3, 0.4) is 0 Å². The van der Waals surface area contributed by atoms with Crippen LogP contribution in [-0.2, 0) is 6.42 Å². The van der Waals surface area contributed by atoms with Crippen LogP contribution in [0.2, 0.25) is 5.15 Å². The number of pyridine rings is 1. The lowest BCUT2D eigenvalue weighted by Crippen LogP contribution is -2.09. The normalized spacial score (nSPS) is 15.2. The number of carboxylic acid groups (broad SMARTS) is 1. The summed E-state index contributed by atoms with van der Waals surface area (Å²) in [5.41, 5.74) is 3.03. The molecular formula is C12H14ClNO2. The molecule has 1 saturated carbocycles. The van der Waals surface area contributed by atoms with Crippen LogP contribution in [0.15, 0.2) is 0 Å². The Hall–Kier alpha value is -1.09. The van der Waals surface area contributed by atoms with E-state index in [9.17, 15) is 9.90 Å². The fourth-order valence-corrected chi connectivity index (χ4v) is 2.43. The maximum Gasteiger partial charge on any atom is 0.339 e. The second-order valence-corrected chi connectivity index (χ2v) is 4.55. The van der Waals surface area contributed by atoms with Crippen LogP contribution in [-0.4, -0.2) is 16.1 Å². The summed E-state index contributed by atoms with van der Waals surface area (Å²) in [7, 11) is 0. The molecule has 0 saturated heterocycles. The molecule has 1 fully saturated rings. The summed E-state index contributed by atoms with van der Waals surface area (Å²) in [6.07, 6.45) is 2.90. The third-order valence-electron chi connectivity index (χ3n) is 3.08. The van der Waals surface area contributed by atoms with Gasteiger partial charge in [-0.05, 0) is 43.2 Å². The van der Waals surface area contributed by atoms with Gasteiger partial charge in [-0.2, -0.15) is 0 Å². The van der Waals surface area contributed by atoms with Crippen molar-refractivity contribution in [2.45, 2.75) is 39.0 Å². The van der Waals surface area contributed by atoms with Gasteiger partial charge in [-0.3, -0.25) is 0 Å². The molecule has 0 aliphatic heterocycles. The van der Waals surface area contributed by atoms with Crippen molar-refractivity contribution in [2.24, 2.45) is 0 Å². The maximum atomic E-state index is 11.2. The van der Waals surface area contributed by atoms with Crippen molar-refractivity contribution in [3.63, 3.8) is 0 Å². The van der Waals surface area contributed by atoms with E-state index in [0.717, 1.165) is 36.1 Å². The summed E-state index contributed by atoms with van der Waals surface area (Å²) < 4.78 is 0. The summed E-state index contributed by atoms with van der Waals surface area (Å²) in [4.78, 5) is 15.4. The van der Waals surface area contributed by atoms with Crippen molar-refractivity contribution in [1.82, 2.24) is 4.98 Å². The molecule has 16 heavy (non-hydrogen) atoms. The van der Waals surface area contributed by atoms with Crippen LogP contribution in [0.4, 0.5) is 0 Å². The number of aromatic carboxylic acids is 1. The molecule has 1 N–H and O–H groups in total. The molecule has 4 heteroatoms. The van der Waals surface area contributed by atoms with Gasteiger partial charge in [0, 0.05) is 5.69 Å². The van der Waals surface area contributed by atoms with Gasteiger partial charge < -0.3 is 5.11 Å². The van der Waals surface area contributed by atoms with E-state index < -0.39 is 5.97 Å². The largest absolute Gasteiger partial charge is 0.478 e. The zero-order valence-corrected chi connectivity index (χ0v) is 10.1. The molecule has 2 rings (SSSR count). The van der Waals surface area contributed by atoms with E-state index in [1.807, 2.05) is 13.8 Å². The van der Waals surface area contributed by atoms with Crippen LogP contribution < -0.4 is 0 Å². The van der Waals surface area contributed by atoms with Gasteiger partial charge in [0.25, 0.3) is 0 Å². The van der Waals surface area contributed by atoms with Gasteiger partial charge in [0.05, 0.1) is 0 Å². The Bertz CT molecular complexity index is 453. The molecule has 3 nitrogen and oxygen atoms in total. The molecule has 0 unspecified atom stereocenters. The van der Waals surface area contributed by atoms with Gasteiger partial charge in [-0.25, -0.2) is 9.78 Å². The zero-order valence-electron chi connectivity index (χ0n) is 9.38. The molecule has 0 amide bonds. The molecule has 0 bridgehead atoms. The average molecular weight is 240 g/mol. The number of hydrogen-bond acceptors (Lipinski definition) is 2. The third kappa shape index (κ3) is 1.80. The predicted molar refractivity (Wildman–Crippen MR) is 62.3 cm³/mol. The lowest BCUT2D eigenvalue weighted by molar-refractivity contribution is 0.0695. The summed E-state index contributed by atoms with van der Waals surface area (Å²) >= 11 is 5.96. The second-order valence-electron chi connectivity index (χ2n) is 4.20. The molecule has 1 aliphatic carbocycles. The first kappa shape index (κ1) is 11.4. The van der Waals surface area contributed by atoms with Gasteiger partial charge >= 0.3 is 5.97 Å². The minimum atomic E-state index is -0.967. The van der Waals surface area contributed by atoms with Gasteiger partial charge in [-0.15, -0.1) is 0 Å². The SMILES string of the molecule is CCc1nc(Cl)c(C(=O)O)c(C2CC2)c1C. The Balaban J connectivity index is 2.67. The topological polar surface area (TPSA) is 50.2 Å². The van der Waals surface area contributed by atoms with E-state index in [2.05, 4.69) is 4.98 Å². The number of hydrogen-bond donors (Lipinski definition) is 1. The van der Waals surface area contributed by atoms with Crippen LogP contribution in [0.5, 0.6) is 0 Å². The smallest absolute Gasteiger partial charge is 0.339 e. The molecule has 0 radical (unpaired) electrons.